The van der Waals surface area contributed by atoms with Gasteiger partial charge in [0.15, 0.2) is 0 Å². The molecule has 6 heteroatoms. The summed E-state index contributed by atoms with van der Waals surface area (Å²) in [6.07, 6.45) is 0.466. The van der Waals surface area contributed by atoms with E-state index in [-0.39, 0.29) is 5.82 Å². The summed E-state index contributed by atoms with van der Waals surface area (Å²) in [6, 6.07) is 6.42. The Hall–Kier alpha value is -1.000. The van der Waals surface area contributed by atoms with E-state index in [9.17, 15) is 5.11 Å². The van der Waals surface area contributed by atoms with Crippen molar-refractivity contribution in [1.29, 1.82) is 0 Å². The molecule has 0 spiro atoms. The van der Waals surface area contributed by atoms with E-state index in [1.807, 2.05) is 0 Å². The highest BCUT2D eigenvalue weighted by Gasteiger charge is 2.16. The Kier molecular flexibility index (Phi) is 3.97. The summed E-state index contributed by atoms with van der Waals surface area (Å²) in [5, 5.41) is 11.4. The van der Waals surface area contributed by atoms with Crippen LogP contribution in [0.1, 0.15) is 17.2 Å². The molecular formula is C12H9Cl3N2O. The Balaban J connectivity index is 2.44. The van der Waals surface area contributed by atoms with Crippen molar-refractivity contribution < 1.29 is 5.11 Å². The van der Waals surface area contributed by atoms with Crippen molar-refractivity contribution in [3.05, 3.63) is 56.7 Å². The normalized spacial score (nSPS) is 12.4. The first kappa shape index (κ1) is 13.4. The van der Waals surface area contributed by atoms with Gasteiger partial charge in [-0.25, -0.2) is 4.98 Å². The SMILES string of the molecule is Nc1ncc(Cl)cc1C(O)c1ccc(Cl)c(Cl)c1. The molecule has 0 aliphatic heterocycles. The highest BCUT2D eigenvalue weighted by atomic mass is 35.5. The molecule has 1 atom stereocenters. The molecule has 3 nitrogen and oxygen atoms in total. The lowest BCUT2D eigenvalue weighted by atomic mass is 10.0. The summed E-state index contributed by atoms with van der Waals surface area (Å²) in [6.45, 7) is 0. The van der Waals surface area contributed by atoms with Gasteiger partial charge in [0, 0.05) is 11.8 Å². The first-order valence-corrected chi connectivity index (χ1v) is 6.16. The number of pyridine rings is 1. The molecule has 0 aliphatic carbocycles. The smallest absolute Gasteiger partial charge is 0.129 e. The van der Waals surface area contributed by atoms with Crippen LogP contribution in [0.4, 0.5) is 5.82 Å². The van der Waals surface area contributed by atoms with Crippen LogP contribution in [-0.4, -0.2) is 10.1 Å². The maximum absolute atomic E-state index is 10.2. The summed E-state index contributed by atoms with van der Waals surface area (Å²) in [4.78, 5) is 3.89. The highest BCUT2D eigenvalue weighted by Crippen LogP contribution is 2.31. The molecule has 0 fully saturated rings. The number of nitrogens with zero attached hydrogens (tertiary/aromatic N) is 1. The molecule has 0 aliphatic rings. The molecule has 1 aromatic carbocycles. The van der Waals surface area contributed by atoms with E-state index in [1.54, 1.807) is 24.3 Å². The number of rotatable bonds is 2. The van der Waals surface area contributed by atoms with Crippen LogP contribution in [0.15, 0.2) is 30.5 Å². The minimum absolute atomic E-state index is 0.220. The second-order valence-corrected chi connectivity index (χ2v) is 4.95. The third-order valence-corrected chi connectivity index (χ3v) is 3.42. The number of hydrogen-bond acceptors (Lipinski definition) is 3. The van der Waals surface area contributed by atoms with Gasteiger partial charge in [-0.05, 0) is 23.8 Å². The Labute approximate surface area is 119 Å². The molecular weight excluding hydrogens is 295 g/mol. The molecule has 1 aromatic heterocycles. The van der Waals surface area contributed by atoms with Crippen molar-refractivity contribution in [2.24, 2.45) is 0 Å². The van der Waals surface area contributed by atoms with E-state index in [0.717, 1.165) is 0 Å². The number of aromatic nitrogens is 1. The summed E-state index contributed by atoms with van der Waals surface area (Å²) in [5.74, 6) is 0.220. The summed E-state index contributed by atoms with van der Waals surface area (Å²) >= 11 is 17.5. The van der Waals surface area contributed by atoms with Crippen LogP contribution in [0.3, 0.4) is 0 Å². The third kappa shape index (κ3) is 2.70. The van der Waals surface area contributed by atoms with Crippen LogP contribution in [0.25, 0.3) is 0 Å². The molecule has 1 heterocycles. The van der Waals surface area contributed by atoms with Crippen LogP contribution < -0.4 is 5.73 Å². The van der Waals surface area contributed by atoms with E-state index in [0.29, 0.717) is 26.2 Å². The van der Waals surface area contributed by atoms with E-state index in [2.05, 4.69) is 4.98 Å². The van der Waals surface area contributed by atoms with Crippen LogP contribution >= 0.6 is 34.8 Å². The molecule has 0 amide bonds. The number of hydrogen-bond donors (Lipinski definition) is 2. The zero-order valence-corrected chi connectivity index (χ0v) is 11.3. The second kappa shape index (κ2) is 5.33. The predicted molar refractivity (Wildman–Crippen MR) is 74.2 cm³/mol. The first-order chi connectivity index (χ1) is 8.49. The van der Waals surface area contributed by atoms with Crippen molar-refractivity contribution in [2.45, 2.75) is 6.10 Å². The van der Waals surface area contributed by atoms with E-state index < -0.39 is 6.10 Å². The molecule has 2 aromatic rings. The van der Waals surface area contributed by atoms with Gasteiger partial charge in [-0.3, -0.25) is 0 Å². The van der Waals surface area contributed by atoms with Crippen molar-refractivity contribution >= 4 is 40.6 Å². The molecule has 0 bridgehead atoms. The lowest BCUT2D eigenvalue weighted by Crippen LogP contribution is -2.05. The van der Waals surface area contributed by atoms with Gasteiger partial charge in [0.25, 0.3) is 0 Å². The first-order valence-electron chi connectivity index (χ1n) is 5.03. The average molecular weight is 304 g/mol. The summed E-state index contributed by atoms with van der Waals surface area (Å²) < 4.78 is 0. The Morgan fingerprint density at radius 1 is 1.11 bits per heavy atom. The number of nitrogen functional groups attached to an aromatic ring is 1. The minimum atomic E-state index is -0.953. The van der Waals surface area contributed by atoms with Gasteiger partial charge in [0.1, 0.15) is 11.9 Å². The number of aliphatic hydroxyl groups is 1. The second-order valence-electron chi connectivity index (χ2n) is 3.70. The molecule has 1 unspecified atom stereocenters. The number of anilines is 1. The summed E-state index contributed by atoms with van der Waals surface area (Å²) in [7, 11) is 0. The molecule has 0 saturated heterocycles. The Bertz CT molecular complexity index is 590. The molecule has 3 N–H and O–H groups in total. The summed E-state index contributed by atoms with van der Waals surface area (Å²) in [5.41, 5.74) is 6.71. The largest absolute Gasteiger partial charge is 0.384 e. The van der Waals surface area contributed by atoms with E-state index >= 15 is 0 Å². The van der Waals surface area contributed by atoms with Crippen LogP contribution in [0.5, 0.6) is 0 Å². The topological polar surface area (TPSA) is 59.1 Å². The van der Waals surface area contributed by atoms with Gasteiger partial charge in [0.05, 0.1) is 15.1 Å². The highest BCUT2D eigenvalue weighted by molar-refractivity contribution is 6.42. The predicted octanol–water partition coefficient (Wildman–Crippen LogP) is 3.71. The fraction of sp³-hybridized carbons (Fsp3) is 0.0833. The fourth-order valence-electron chi connectivity index (χ4n) is 1.55. The fourth-order valence-corrected chi connectivity index (χ4v) is 2.02. The number of halogens is 3. The van der Waals surface area contributed by atoms with Gasteiger partial charge in [-0.15, -0.1) is 0 Å². The maximum Gasteiger partial charge on any atom is 0.129 e. The zero-order valence-electron chi connectivity index (χ0n) is 9.07. The number of nitrogens with two attached hydrogens (primary N) is 1. The number of benzene rings is 1. The van der Waals surface area contributed by atoms with Crippen molar-refractivity contribution in [2.75, 3.05) is 5.73 Å². The van der Waals surface area contributed by atoms with Crippen molar-refractivity contribution in [3.8, 4) is 0 Å². The Morgan fingerprint density at radius 2 is 1.83 bits per heavy atom. The molecule has 94 valence electrons. The standard InChI is InChI=1S/C12H9Cl3N2O/c13-7-4-8(12(16)17-5-7)11(18)6-1-2-9(14)10(15)3-6/h1-5,11,18H,(H2,16,17). The third-order valence-electron chi connectivity index (χ3n) is 2.47. The number of aliphatic hydroxyl groups excluding tert-OH is 1. The van der Waals surface area contributed by atoms with Gasteiger partial charge in [-0.1, -0.05) is 40.9 Å². The minimum Gasteiger partial charge on any atom is -0.384 e. The maximum atomic E-state index is 10.2. The monoisotopic (exact) mass is 302 g/mol. The van der Waals surface area contributed by atoms with Gasteiger partial charge in [0.2, 0.25) is 0 Å². The molecule has 2 rings (SSSR count). The Morgan fingerprint density at radius 3 is 2.50 bits per heavy atom. The lowest BCUT2D eigenvalue weighted by molar-refractivity contribution is 0.221. The van der Waals surface area contributed by atoms with Crippen molar-refractivity contribution in [1.82, 2.24) is 4.98 Å². The quantitative estimate of drug-likeness (QED) is 0.889. The van der Waals surface area contributed by atoms with Gasteiger partial charge >= 0.3 is 0 Å². The lowest BCUT2D eigenvalue weighted by Gasteiger charge is -2.14. The van der Waals surface area contributed by atoms with Gasteiger partial charge in [-0.2, -0.15) is 0 Å². The van der Waals surface area contributed by atoms with Crippen molar-refractivity contribution in [3.63, 3.8) is 0 Å². The van der Waals surface area contributed by atoms with Crippen LogP contribution in [-0.2, 0) is 0 Å². The van der Waals surface area contributed by atoms with Crippen LogP contribution in [0, 0.1) is 0 Å². The molecule has 0 radical (unpaired) electrons. The van der Waals surface area contributed by atoms with Gasteiger partial charge < -0.3 is 10.8 Å². The van der Waals surface area contributed by atoms with E-state index in [1.165, 1.54) is 6.20 Å². The molecule has 0 saturated carbocycles. The molecule has 18 heavy (non-hydrogen) atoms. The van der Waals surface area contributed by atoms with Crippen LogP contribution in [0.2, 0.25) is 15.1 Å². The zero-order chi connectivity index (χ0) is 13.3. The van der Waals surface area contributed by atoms with E-state index in [4.69, 9.17) is 40.5 Å². The average Bonchev–Trinajstić information content (AvgIpc) is 2.35.